The number of rotatable bonds is 5. The lowest BCUT2D eigenvalue weighted by atomic mass is 10.1. The van der Waals surface area contributed by atoms with Gasteiger partial charge in [-0.15, -0.1) is 5.10 Å². The van der Waals surface area contributed by atoms with Crippen LogP contribution in [0, 0.1) is 17.0 Å². The highest BCUT2D eigenvalue weighted by molar-refractivity contribution is 5.35. The summed E-state index contributed by atoms with van der Waals surface area (Å²) < 4.78 is 89.9. The van der Waals surface area contributed by atoms with E-state index < -0.39 is 35.3 Å². The average Bonchev–Trinajstić information content (AvgIpc) is 2.94. The van der Waals surface area contributed by atoms with Crippen molar-refractivity contribution in [3.63, 3.8) is 0 Å². The molecule has 26 heavy (non-hydrogen) atoms. The maximum Gasteiger partial charge on any atom is 0.460 e. The summed E-state index contributed by atoms with van der Waals surface area (Å²) in [6, 6.07) is 2.22. The van der Waals surface area contributed by atoms with Gasteiger partial charge in [-0.2, -0.15) is 30.7 Å². The number of nitrogens with zero attached hydrogens (tertiary/aromatic N) is 5. The molecule has 0 radical (unpaired) electrons. The number of pyridine rings is 1. The van der Waals surface area contributed by atoms with Gasteiger partial charge in [0.15, 0.2) is 0 Å². The van der Waals surface area contributed by atoms with Crippen molar-refractivity contribution in [1.82, 2.24) is 19.7 Å². The molecule has 0 aliphatic rings. The van der Waals surface area contributed by atoms with Gasteiger partial charge in [0.05, 0.1) is 17.2 Å². The van der Waals surface area contributed by atoms with Gasteiger partial charge < -0.3 is 0 Å². The second kappa shape index (κ2) is 6.17. The molecule has 0 saturated carbocycles. The van der Waals surface area contributed by atoms with Crippen molar-refractivity contribution < 1.29 is 35.7 Å². The fourth-order valence-electron chi connectivity index (χ4n) is 1.89. The summed E-state index contributed by atoms with van der Waals surface area (Å²) in [5.41, 5.74) is -0.262. The third-order valence-corrected chi connectivity index (χ3v) is 3.20. The molecule has 2 rings (SSSR count). The Kier molecular flexibility index (Phi) is 4.64. The number of alkyl halides is 7. The first-order valence-corrected chi connectivity index (χ1v) is 6.60. The summed E-state index contributed by atoms with van der Waals surface area (Å²) in [6.07, 6.45) is -5.98. The summed E-state index contributed by atoms with van der Waals surface area (Å²) in [7, 11) is 0. The molecule has 0 N–H and O–H groups in total. The van der Waals surface area contributed by atoms with Crippen molar-refractivity contribution in [3.8, 4) is 0 Å². The van der Waals surface area contributed by atoms with Crippen LogP contribution < -0.4 is 0 Å². The molecular weight excluding hydrogens is 379 g/mol. The zero-order valence-electron chi connectivity index (χ0n) is 12.6. The van der Waals surface area contributed by atoms with Crippen molar-refractivity contribution in [1.29, 1.82) is 0 Å². The molecule has 0 spiro atoms. The summed E-state index contributed by atoms with van der Waals surface area (Å²) in [5, 5.41) is 13.6. The van der Waals surface area contributed by atoms with Crippen molar-refractivity contribution in [2.24, 2.45) is 0 Å². The molecule has 0 aliphatic heterocycles. The second-order valence-electron chi connectivity index (χ2n) is 5.08. The van der Waals surface area contributed by atoms with Crippen LogP contribution in [-0.2, 0) is 12.5 Å². The third-order valence-electron chi connectivity index (χ3n) is 3.20. The molecule has 0 bridgehead atoms. The van der Waals surface area contributed by atoms with E-state index in [1.165, 1.54) is 6.92 Å². The Morgan fingerprint density at radius 3 is 2.27 bits per heavy atom. The fourth-order valence-corrected chi connectivity index (χ4v) is 1.89. The largest absolute Gasteiger partial charge is 0.460 e. The zero-order chi connectivity index (χ0) is 19.9. The molecule has 0 fully saturated rings. The molecule has 0 atom stereocenters. The predicted octanol–water partition coefficient (Wildman–Crippen LogP) is 3.23. The molecule has 142 valence electrons. The monoisotopic (exact) mass is 387 g/mol. The van der Waals surface area contributed by atoms with Gasteiger partial charge in [-0.05, 0) is 13.0 Å². The first-order chi connectivity index (χ1) is 11.8. The Hall–Kier alpha value is -2.80. The quantitative estimate of drug-likeness (QED) is 0.447. The first-order valence-electron chi connectivity index (χ1n) is 6.60. The van der Waals surface area contributed by atoms with Crippen molar-refractivity contribution >= 4 is 5.69 Å². The minimum absolute atomic E-state index is 0.0122. The number of aromatic nitrogens is 4. The van der Waals surface area contributed by atoms with Gasteiger partial charge in [-0.1, -0.05) is 0 Å². The molecule has 0 aromatic carbocycles. The maximum absolute atomic E-state index is 13.5. The van der Waals surface area contributed by atoms with E-state index in [2.05, 4.69) is 15.1 Å². The summed E-state index contributed by atoms with van der Waals surface area (Å²) >= 11 is 0. The lowest BCUT2D eigenvalue weighted by molar-refractivity contribution is -0.385. The highest BCUT2D eigenvalue weighted by atomic mass is 19.4. The molecule has 0 aliphatic carbocycles. The Labute approximate surface area is 139 Å². The Morgan fingerprint density at radius 2 is 1.77 bits per heavy atom. The van der Waals surface area contributed by atoms with Crippen LogP contribution in [0.2, 0.25) is 0 Å². The van der Waals surface area contributed by atoms with Crippen LogP contribution >= 0.6 is 0 Å². The minimum atomic E-state index is -6.50. The third kappa shape index (κ3) is 3.30. The molecule has 0 unspecified atom stereocenters. The smallest absolute Gasteiger partial charge is 0.258 e. The lowest BCUT2D eigenvalue weighted by Crippen LogP contribution is -2.50. The van der Waals surface area contributed by atoms with Gasteiger partial charge in [-0.3, -0.25) is 10.1 Å². The van der Waals surface area contributed by atoms with Crippen molar-refractivity contribution in [3.05, 3.63) is 45.8 Å². The standard InChI is InChI=1S/C12H8F7N5O2/c1-6-8(24(25)26)3-2-7(21-6)4-23-5-20-9(22-23)10(13,14)11(15,16)12(17,18)19/h2-3,5H,4H2,1H3. The normalized spacial score (nSPS) is 13.1. The van der Waals surface area contributed by atoms with Gasteiger partial charge in [0.25, 0.3) is 5.69 Å². The van der Waals surface area contributed by atoms with Gasteiger partial charge in [0, 0.05) is 6.07 Å². The van der Waals surface area contributed by atoms with Gasteiger partial charge >= 0.3 is 18.0 Å². The molecule has 14 heteroatoms. The van der Waals surface area contributed by atoms with E-state index in [4.69, 9.17) is 0 Å². The second-order valence-corrected chi connectivity index (χ2v) is 5.08. The number of nitro groups is 1. The number of halogens is 7. The maximum atomic E-state index is 13.5. The van der Waals surface area contributed by atoms with Crippen LogP contribution in [0.5, 0.6) is 0 Å². The summed E-state index contributed by atoms with van der Waals surface area (Å²) in [6.45, 7) is 0.867. The molecule has 2 aromatic heterocycles. The van der Waals surface area contributed by atoms with Gasteiger partial charge in [0.1, 0.15) is 12.0 Å². The Morgan fingerprint density at radius 1 is 1.15 bits per heavy atom. The first kappa shape index (κ1) is 19.5. The highest BCUT2D eigenvalue weighted by Gasteiger charge is 2.75. The van der Waals surface area contributed by atoms with E-state index >= 15 is 0 Å². The van der Waals surface area contributed by atoms with Gasteiger partial charge in [0.2, 0.25) is 5.82 Å². The summed E-state index contributed by atoms with van der Waals surface area (Å²) in [4.78, 5) is 16.6. The van der Waals surface area contributed by atoms with E-state index in [9.17, 15) is 40.8 Å². The molecule has 2 heterocycles. The van der Waals surface area contributed by atoms with E-state index in [1.807, 2.05) is 0 Å². The topological polar surface area (TPSA) is 86.7 Å². The summed E-state index contributed by atoms with van der Waals surface area (Å²) in [5.74, 6) is -14.1. The van der Waals surface area contributed by atoms with Crippen molar-refractivity contribution in [2.45, 2.75) is 31.5 Å². The van der Waals surface area contributed by atoms with Crippen LogP contribution in [0.1, 0.15) is 17.2 Å². The minimum Gasteiger partial charge on any atom is -0.258 e. The predicted molar refractivity (Wildman–Crippen MR) is 69.6 cm³/mol. The van der Waals surface area contributed by atoms with Crippen LogP contribution in [0.3, 0.4) is 0 Å². The zero-order valence-corrected chi connectivity index (χ0v) is 12.6. The lowest BCUT2D eigenvalue weighted by Gasteiger charge is -2.25. The van der Waals surface area contributed by atoms with E-state index in [1.54, 1.807) is 0 Å². The van der Waals surface area contributed by atoms with Crippen LogP contribution in [-0.4, -0.2) is 36.8 Å². The van der Waals surface area contributed by atoms with Crippen LogP contribution in [0.25, 0.3) is 0 Å². The number of hydrogen-bond acceptors (Lipinski definition) is 5. The highest BCUT2D eigenvalue weighted by Crippen LogP contribution is 2.50. The SMILES string of the molecule is Cc1nc(Cn2cnc(C(F)(F)C(F)(F)C(F)(F)F)n2)ccc1[N+](=O)[O-]. The van der Waals surface area contributed by atoms with E-state index in [0.717, 1.165) is 12.1 Å². The van der Waals surface area contributed by atoms with E-state index in [0.29, 0.717) is 11.0 Å². The van der Waals surface area contributed by atoms with E-state index in [-0.39, 0.29) is 17.1 Å². The van der Waals surface area contributed by atoms with Crippen LogP contribution in [0.15, 0.2) is 18.5 Å². The van der Waals surface area contributed by atoms with Crippen molar-refractivity contribution in [2.75, 3.05) is 0 Å². The van der Waals surface area contributed by atoms with Crippen LogP contribution in [0.4, 0.5) is 36.4 Å². The average molecular weight is 387 g/mol. The molecular formula is C12H8F7N5O2. The number of hydrogen-bond donors (Lipinski definition) is 0. The molecule has 0 amide bonds. The molecule has 2 aromatic rings. The molecule has 7 nitrogen and oxygen atoms in total. The number of aryl methyl sites for hydroxylation is 1. The Bertz CT molecular complexity index is 834. The van der Waals surface area contributed by atoms with Gasteiger partial charge in [-0.25, -0.2) is 14.6 Å². The molecule has 0 saturated heterocycles. The Balaban J connectivity index is 2.28. The fraction of sp³-hybridized carbons (Fsp3) is 0.417.